The number of nitro groups is 1. The number of fused-ring (bicyclic) bond motifs is 1. The summed E-state index contributed by atoms with van der Waals surface area (Å²) in [5, 5.41) is 19.6. The van der Waals surface area contributed by atoms with Gasteiger partial charge >= 0.3 is 5.69 Å². The minimum absolute atomic E-state index is 0.0346. The number of ether oxygens (including phenoxy) is 2. The number of nitrogens with one attached hydrogen (secondary N) is 1. The van der Waals surface area contributed by atoms with E-state index in [-0.39, 0.29) is 28.1 Å². The van der Waals surface area contributed by atoms with Gasteiger partial charge in [0.25, 0.3) is 11.5 Å². The van der Waals surface area contributed by atoms with E-state index in [1.165, 1.54) is 12.3 Å². The molecule has 5 aromatic rings. The van der Waals surface area contributed by atoms with Crippen LogP contribution in [0.1, 0.15) is 43.4 Å². The van der Waals surface area contributed by atoms with Crippen LogP contribution in [-0.4, -0.2) is 39.9 Å². The number of carbonyl (C=O) groups is 1. The SMILES string of the molecule is CCOc1cc(C)c(-c2nc3ccccc3c(=O)n2N=Cc2cc(Cl)cc([N+](=O)[O-])c2OCC(=O)Nc2ccccc2)cc1C(C)C. The highest BCUT2D eigenvalue weighted by molar-refractivity contribution is 6.31. The molecule has 4 aromatic carbocycles. The molecule has 0 unspecified atom stereocenters. The second kappa shape index (κ2) is 14.3. The molecular formula is C35H32ClN5O6. The molecule has 1 N–H and O–H groups in total. The van der Waals surface area contributed by atoms with E-state index < -0.39 is 28.7 Å². The van der Waals surface area contributed by atoms with Crippen LogP contribution < -0.4 is 20.3 Å². The molecule has 1 aromatic heterocycles. The number of rotatable bonds is 11. The molecule has 47 heavy (non-hydrogen) atoms. The molecule has 0 aliphatic heterocycles. The normalized spacial score (nSPS) is 11.3. The fourth-order valence-electron chi connectivity index (χ4n) is 5.04. The van der Waals surface area contributed by atoms with Crippen molar-refractivity contribution in [1.29, 1.82) is 0 Å². The summed E-state index contributed by atoms with van der Waals surface area (Å²) in [6, 6.07) is 22.0. The Balaban J connectivity index is 1.63. The molecule has 0 aliphatic rings. The average molecular weight is 654 g/mol. The first kappa shape index (κ1) is 32.8. The zero-order valence-corrected chi connectivity index (χ0v) is 26.9. The van der Waals surface area contributed by atoms with Crippen LogP contribution in [0.15, 0.2) is 88.8 Å². The molecule has 0 radical (unpaired) electrons. The lowest BCUT2D eigenvalue weighted by Crippen LogP contribution is -2.21. The third kappa shape index (κ3) is 7.31. The Bertz CT molecular complexity index is 2060. The van der Waals surface area contributed by atoms with Gasteiger partial charge in [-0.3, -0.25) is 19.7 Å². The van der Waals surface area contributed by atoms with Crippen LogP contribution in [0.2, 0.25) is 5.02 Å². The first-order valence-corrected chi connectivity index (χ1v) is 15.2. The molecule has 0 spiro atoms. The number of amides is 1. The smallest absolute Gasteiger partial charge is 0.313 e. The van der Waals surface area contributed by atoms with Crippen LogP contribution in [0.4, 0.5) is 11.4 Å². The van der Waals surface area contributed by atoms with Crippen LogP contribution in [0, 0.1) is 17.0 Å². The predicted octanol–water partition coefficient (Wildman–Crippen LogP) is 7.36. The maximum absolute atomic E-state index is 13.9. The van der Waals surface area contributed by atoms with Crippen molar-refractivity contribution in [1.82, 2.24) is 9.66 Å². The van der Waals surface area contributed by atoms with Gasteiger partial charge in [-0.05, 0) is 73.4 Å². The molecule has 0 saturated carbocycles. The number of aryl methyl sites for hydroxylation is 1. The Morgan fingerprint density at radius 2 is 1.81 bits per heavy atom. The number of anilines is 1. The molecule has 12 heteroatoms. The van der Waals surface area contributed by atoms with Crippen molar-refractivity contribution in [3.8, 4) is 22.9 Å². The minimum Gasteiger partial charge on any atom is -0.494 e. The number of nitro benzene ring substituents is 1. The predicted molar refractivity (Wildman–Crippen MR) is 183 cm³/mol. The molecular weight excluding hydrogens is 622 g/mol. The van der Waals surface area contributed by atoms with Gasteiger partial charge in [-0.25, -0.2) is 4.98 Å². The monoisotopic (exact) mass is 653 g/mol. The van der Waals surface area contributed by atoms with Crippen molar-refractivity contribution in [3.63, 3.8) is 0 Å². The fraction of sp³-hybridized carbons (Fsp3) is 0.200. The Hall–Kier alpha value is -5.55. The lowest BCUT2D eigenvalue weighted by atomic mass is 9.96. The van der Waals surface area contributed by atoms with E-state index in [9.17, 15) is 19.7 Å². The van der Waals surface area contributed by atoms with Crippen molar-refractivity contribution >= 4 is 46.0 Å². The molecule has 0 bridgehead atoms. The Kier molecular flexibility index (Phi) is 9.96. The van der Waals surface area contributed by atoms with Crippen molar-refractivity contribution in [2.24, 2.45) is 5.10 Å². The van der Waals surface area contributed by atoms with Crippen LogP contribution in [0.3, 0.4) is 0 Å². The maximum Gasteiger partial charge on any atom is 0.313 e. The van der Waals surface area contributed by atoms with E-state index in [0.29, 0.717) is 28.8 Å². The number of hydrogen-bond acceptors (Lipinski definition) is 8. The number of halogens is 1. The van der Waals surface area contributed by atoms with Gasteiger partial charge in [0.1, 0.15) is 5.75 Å². The largest absolute Gasteiger partial charge is 0.494 e. The zero-order valence-electron chi connectivity index (χ0n) is 26.2. The molecule has 0 atom stereocenters. The van der Waals surface area contributed by atoms with E-state index in [1.54, 1.807) is 54.6 Å². The van der Waals surface area contributed by atoms with Gasteiger partial charge in [0.15, 0.2) is 12.4 Å². The molecule has 240 valence electrons. The summed E-state index contributed by atoms with van der Waals surface area (Å²) in [6.07, 6.45) is 1.23. The summed E-state index contributed by atoms with van der Waals surface area (Å²) in [5.41, 5.74) is 2.55. The Morgan fingerprint density at radius 3 is 2.51 bits per heavy atom. The fourth-order valence-corrected chi connectivity index (χ4v) is 5.26. The maximum atomic E-state index is 13.9. The van der Waals surface area contributed by atoms with Gasteiger partial charge in [0, 0.05) is 27.9 Å². The Morgan fingerprint density at radius 1 is 1.09 bits per heavy atom. The lowest BCUT2D eigenvalue weighted by Gasteiger charge is -2.18. The first-order valence-electron chi connectivity index (χ1n) is 14.9. The summed E-state index contributed by atoms with van der Waals surface area (Å²) in [5.74, 6) is 0.326. The summed E-state index contributed by atoms with van der Waals surface area (Å²) < 4.78 is 12.7. The molecule has 1 heterocycles. The second-order valence-electron chi connectivity index (χ2n) is 10.9. The summed E-state index contributed by atoms with van der Waals surface area (Å²) in [7, 11) is 0. The van der Waals surface area contributed by atoms with Crippen LogP contribution in [0.5, 0.6) is 11.5 Å². The molecule has 0 saturated heterocycles. The summed E-state index contributed by atoms with van der Waals surface area (Å²) >= 11 is 6.27. The highest BCUT2D eigenvalue weighted by Crippen LogP contribution is 2.36. The molecule has 1 amide bonds. The number of aromatic nitrogens is 2. The highest BCUT2D eigenvalue weighted by atomic mass is 35.5. The van der Waals surface area contributed by atoms with Crippen molar-refractivity contribution < 1.29 is 19.2 Å². The number of benzene rings is 4. The third-order valence-electron chi connectivity index (χ3n) is 7.25. The minimum atomic E-state index is -0.667. The topological polar surface area (TPSA) is 138 Å². The second-order valence-corrected chi connectivity index (χ2v) is 11.3. The number of carbonyl (C=O) groups excluding carboxylic acids is 1. The lowest BCUT2D eigenvalue weighted by molar-refractivity contribution is -0.385. The number of para-hydroxylation sites is 2. The van der Waals surface area contributed by atoms with Crippen molar-refractivity contribution in [2.45, 2.75) is 33.6 Å². The van der Waals surface area contributed by atoms with E-state index in [1.807, 2.05) is 39.8 Å². The van der Waals surface area contributed by atoms with Crippen molar-refractivity contribution in [3.05, 3.63) is 121 Å². The van der Waals surface area contributed by atoms with E-state index in [2.05, 4.69) is 10.4 Å². The highest BCUT2D eigenvalue weighted by Gasteiger charge is 2.23. The zero-order chi connectivity index (χ0) is 33.7. The van der Waals surface area contributed by atoms with Gasteiger partial charge in [-0.15, -0.1) is 0 Å². The van der Waals surface area contributed by atoms with Gasteiger partial charge in [0.05, 0.1) is 28.6 Å². The van der Waals surface area contributed by atoms with Crippen LogP contribution in [0.25, 0.3) is 22.3 Å². The average Bonchev–Trinajstić information content (AvgIpc) is 3.04. The molecule has 5 rings (SSSR count). The van der Waals surface area contributed by atoms with Gasteiger partial charge in [-0.2, -0.15) is 9.78 Å². The van der Waals surface area contributed by atoms with Crippen molar-refractivity contribution in [2.75, 3.05) is 18.5 Å². The van der Waals surface area contributed by atoms with Gasteiger partial charge in [-0.1, -0.05) is 55.8 Å². The molecule has 0 aliphatic carbocycles. The number of nitrogens with zero attached hydrogens (tertiary/aromatic N) is 4. The van der Waals surface area contributed by atoms with E-state index >= 15 is 0 Å². The Labute approximate surface area is 275 Å². The standard InChI is InChI=1S/C35H32ClN5O6/c1-5-46-31-15-22(4)28(18-27(31)21(2)3)34-39-29-14-10-9-13-26(29)35(43)40(34)37-19-23-16-24(36)17-30(41(44)45)33(23)47-20-32(42)38-25-11-7-6-8-12-25/h6-19,21H,5,20H2,1-4H3,(H,38,42). The van der Waals surface area contributed by atoms with E-state index in [0.717, 1.165) is 27.6 Å². The van der Waals surface area contributed by atoms with Gasteiger partial charge in [0.2, 0.25) is 5.75 Å². The van der Waals surface area contributed by atoms with Crippen LogP contribution >= 0.6 is 11.6 Å². The summed E-state index contributed by atoms with van der Waals surface area (Å²) in [6.45, 7) is 7.85. The quantitative estimate of drug-likeness (QED) is 0.0893. The summed E-state index contributed by atoms with van der Waals surface area (Å²) in [4.78, 5) is 42.7. The van der Waals surface area contributed by atoms with E-state index in [4.69, 9.17) is 26.1 Å². The molecule has 11 nitrogen and oxygen atoms in total. The molecule has 0 fully saturated rings. The third-order valence-corrected chi connectivity index (χ3v) is 7.47. The first-order chi connectivity index (χ1) is 22.6. The number of hydrogen-bond donors (Lipinski definition) is 1. The van der Waals surface area contributed by atoms with Crippen LogP contribution in [-0.2, 0) is 4.79 Å². The van der Waals surface area contributed by atoms with Gasteiger partial charge < -0.3 is 14.8 Å².